The monoisotopic (exact) mass is 391 g/mol. The Bertz CT molecular complexity index is 1060. The van der Waals surface area contributed by atoms with E-state index >= 15 is 0 Å². The standard InChI is InChI=1S/C20H25N9/c1-13-8-16(25-12-21)22-9-14(13)26-18-23-10-15-17(27-18)29-19(28(15)2)24-11-20(29)6-4-3-5-7-20/h8-10,12H,3-7,11H2,1-2H3,(H2,21,22,25)(H,23,26,27). The lowest BCUT2D eigenvalue weighted by Crippen LogP contribution is -2.51. The molecule has 3 aliphatic rings. The Labute approximate surface area is 169 Å². The smallest absolute Gasteiger partial charge is 0.229 e. The van der Waals surface area contributed by atoms with Crippen LogP contribution in [0.15, 0.2) is 28.4 Å². The van der Waals surface area contributed by atoms with Crippen molar-refractivity contribution in [3.05, 3.63) is 29.5 Å². The number of hydrogen-bond donors (Lipinski definition) is 3. The Kier molecular flexibility index (Phi) is 4.11. The van der Waals surface area contributed by atoms with Crippen molar-refractivity contribution in [3.8, 4) is 0 Å². The van der Waals surface area contributed by atoms with Gasteiger partial charge in [0.1, 0.15) is 17.5 Å². The number of pyridine rings is 1. The highest BCUT2D eigenvalue weighted by Crippen LogP contribution is 2.47. The van der Waals surface area contributed by atoms with E-state index in [-0.39, 0.29) is 5.54 Å². The lowest BCUT2D eigenvalue weighted by molar-refractivity contribution is 0.317. The van der Waals surface area contributed by atoms with E-state index in [4.69, 9.17) is 15.4 Å². The normalized spacial score (nSPS) is 19.9. The second-order valence-corrected chi connectivity index (χ2v) is 8.00. The Balaban J connectivity index is 1.49. The lowest BCUT2D eigenvalue weighted by atomic mass is 9.81. The van der Waals surface area contributed by atoms with Crippen LogP contribution in [0.3, 0.4) is 0 Å². The van der Waals surface area contributed by atoms with Crippen molar-refractivity contribution in [3.63, 3.8) is 0 Å². The van der Waals surface area contributed by atoms with Crippen LogP contribution >= 0.6 is 0 Å². The van der Waals surface area contributed by atoms with Crippen LogP contribution in [0.25, 0.3) is 0 Å². The zero-order chi connectivity index (χ0) is 20.0. The molecule has 0 bridgehead atoms. The Morgan fingerprint density at radius 1 is 1.31 bits per heavy atom. The third kappa shape index (κ3) is 2.80. The molecule has 5 rings (SSSR count). The highest BCUT2D eigenvalue weighted by molar-refractivity contribution is 6.17. The van der Waals surface area contributed by atoms with Crippen molar-refractivity contribution in [2.45, 2.75) is 44.6 Å². The SMILES string of the molecule is Cc1c/c(=N/C=N)[nH]cc1Nc1ncc2c(n1)N1C(=NCC13CCCCC3)N2C. The first kappa shape index (κ1) is 17.8. The van der Waals surface area contributed by atoms with Gasteiger partial charge in [-0.05, 0) is 31.4 Å². The van der Waals surface area contributed by atoms with Crippen molar-refractivity contribution >= 4 is 35.4 Å². The molecule has 2 aliphatic heterocycles. The van der Waals surface area contributed by atoms with E-state index in [2.05, 4.69) is 30.1 Å². The van der Waals surface area contributed by atoms with Crippen molar-refractivity contribution in [2.24, 2.45) is 9.98 Å². The predicted octanol–water partition coefficient (Wildman–Crippen LogP) is 2.69. The first-order valence-corrected chi connectivity index (χ1v) is 10.1. The van der Waals surface area contributed by atoms with E-state index in [0.29, 0.717) is 11.4 Å². The molecular weight excluding hydrogens is 366 g/mol. The molecule has 3 N–H and O–H groups in total. The maximum absolute atomic E-state index is 7.11. The quantitative estimate of drug-likeness (QED) is 0.551. The average molecular weight is 391 g/mol. The highest BCUT2D eigenvalue weighted by Gasteiger charge is 2.50. The van der Waals surface area contributed by atoms with E-state index in [9.17, 15) is 0 Å². The zero-order valence-electron chi connectivity index (χ0n) is 16.7. The summed E-state index contributed by atoms with van der Waals surface area (Å²) in [7, 11) is 2.04. The molecule has 0 radical (unpaired) electrons. The summed E-state index contributed by atoms with van der Waals surface area (Å²) in [5, 5.41) is 10.4. The fourth-order valence-corrected chi connectivity index (χ4v) is 4.66. The number of nitrogens with zero attached hydrogens (tertiary/aromatic N) is 6. The molecule has 1 saturated carbocycles. The van der Waals surface area contributed by atoms with Gasteiger partial charge in [-0.2, -0.15) is 4.98 Å². The number of nitrogens with one attached hydrogen (secondary N) is 3. The van der Waals surface area contributed by atoms with E-state index in [0.717, 1.165) is 54.4 Å². The number of H-pyrrole nitrogens is 1. The van der Waals surface area contributed by atoms with Gasteiger partial charge in [-0.15, -0.1) is 0 Å². The van der Waals surface area contributed by atoms with Gasteiger partial charge in [0.2, 0.25) is 11.9 Å². The van der Waals surface area contributed by atoms with Crippen LogP contribution in [0.2, 0.25) is 0 Å². The summed E-state index contributed by atoms with van der Waals surface area (Å²) in [5.41, 5.74) is 3.58. The van der Waals surface area contributed by atoms with Crippen molar-refractivity contribution < 1.29 is 0 Å². The molecule has 1 spiro atoms. The number of aromatic amines is 1. The number of aliphatic imine (C=N–C) groups is 1. The minimum absolute atomic E-state index is 0.0678. The molecular formula is C20H25N9. The molecule has 1 aliphatic carbocycles. The van der Waals surface area contributed by atoms with Crippen molar-refractivity contribution in [2.75, 3.05) is 28.7 Å². The van der Waals surface area contributed by atoms with E-state index < -0.39 is 0 Å². The van der Waals surface area contributed by atoms with E-state index in [1.807, 2.05) is 32.4 Å². The Hall–Kier alpha value is -3.23. The highest BCUT2D eigenvalue weighted by atomic mass is 15.5. The molecule has 29 heavy (non-hydrogen) atoms. The summed E-state index contributed by atoms with van der Waals surface area (Å²) in [4.78, 5) is 25.8. The summed E-state index contributed by atoms with van der Waals surface area (Å²) < 4.78 is 0. The van der Waals surface area contributed by atoms with Crippen LogP contribution in [-0.2, 0) is 0 Å². The molecule has 150 valence electrons. The van der Waals surface area contributed by atoms with Gasteiger partial charge in [0.25, 0.3) is 0 Å². The van der Waals surface area contributed by atoms with Gasteiger partial charge >= 0.3 is 0 Å². The molecule has 0 atom stereocenters. The lowest BCUT2D eigenvalue weighted by Gasteiger charge is -2.39. The zero-order valence-corrected chi connectivity index (χ0v) is 16.7. The third-order valence-corrected chi connectivity index (χ3v) is 6.19. The summed E-state index contributed by atoms with van der Waals surface area (Å²) in [5.74, 6) is 2.50. The number of aryl methyl sites for hydroxylation is 1. The number of anilines is 4. The van der Waals surface area contributed by atoms with Gasteiger partial charge in [-0.3, -0.25) is 10.3 Å². The van der Waals surface area contributed by atoms with Gasteiger partial charge in [-0.25, -0.2) is 15.0 Å². The summed E-state index contributed by atoms with van der Waals surface area (Å²) in [6.45, 7) is 2.84. The second-order valence-electron chi connectivity index (χ2n) is 8.00. The number of aromatic nitrogens is 3. The maximum Gasteiger partial charge on any atom is 0.229 e. The first-order chi connectivity index (χ1) is 14.1. The van der Waals surface area contributed by atoms with Crippen LogP contribution in [0.4, 0.5) is 23.1 Å². The topological polar surface area (TPSA) is 109 Å². The fraction of sp³-hybridized carbons (Fsp3) is 0.450. The summed E-state index contributed by atoms with van der Waals surface area (Å²) >= 11 is 0. The molecule has 0 unspecified atom stereocenters. The van der Waals surface area contributed by atoms with E-state index in [1.54, 1.807) is 0 Å². The molecule has 0 saturated heterocycles. The van der Waals surface area contributed by atoms with Crippen LogP contribution in [0.5, 0.6) is 0 Å². The molecule has 1 fully saturated rings. The fourth-order valence-electron chi connectivity index (χ4n) is 4.66. The van der Waals surface area contributed by atoms with Gasteiger partial charge in [0, 0.05) is 13.2 Å². The first-order valence-electron chi connectivity index (χ1n) is 10.1. The molecule has 2 aromatic heterocycles. The molecule has 9 nitrogen and oxygen atoms in total. The largest absolute Gasteiger partial charge is 0.345 e. The van der Waals surface area contributed by atoms with Crippen molar-refractivity contribution in [1.82, 2.24) is 15.0 Å². The van der Waals surface area contributed by atoms with Gasteiger partial charge in [0.15, 0.2) is 5.82 Å². The Morgan fingerprint density at radius 3 is 2.90 bits per heavy atom. The molecule has 9 heteroatoms. The minimum Gasteiger partial charge on any atom is -0.345 e. The van der Waals surface area contributed by atoms with Gasteiger partial charge in [0.05, 0.1) is 24.0 Å². The van der Waals surface area contributed by atoms with Crippen LogP contribution < -0.4 is 20.6 Å². The van der Waals surface area contributed by atoms with Crippen LogP contribution in [0, 0.1) is 12.3 Å². The maximum atomic E-state index is 7.11. The molecule has 2 aromatic rings. The summed E-state index contributed by atoms with van der Waals surface area (Å²) in [6.07, 6.45) is 10.8. The number of guanidine groups is 1. The number of hydrogen-bond acceptors (Lipinski definition) is 7. The number of fused-ring (bicyclic) bond motifs is 4. The van der Waals surface area contributed by atoms with E-state index in [1.165, 1.54) is 19.3 Å². The molecule has 0 aromatic carbocycles. The van der Waals surface area contributed by atoms with Gasteiger partial charge < -0.3 is 15.2 Å². The van der Waals surface area contributed by atoms with Crippen LogP contribution in [0.1, 0.15) is 37.7 Å². The van der Waals surface area contributed by atoms with Crippen molar-refractivity contribution in [1.29, 1.82) is 5.41 Å². The molecule has 4 heterocycles. The van der Waals surface area contributed by atoms with Crippen LogP contribution in [-0.4, -0.2) is 46.4 Å². The Morgan fingerprint density at radius 2 is 2.14 bits per heavy atom. The second kappa shape index (κ2) is 6.68. The summed E-state index contributed by atoms with van der Waals surface area (Å²) in [6, 6.07) is 1.89. The third-order valence-electron chi connectivity index (χ3n) is 6.19. The van der Waals surface area contributed by atoms with Gasteiger partial charge in [-0.1, -0.05) is 19.3 Å². The minimum atomic E-state index is 0.0678. The molecule has 0 amide bonds. The average Bonchev–Trinajstić information content (AvgIpc) is 3.22. The predicted molar refractivity (Wildman–Crippen MR) is 114 cm³/mol. The number of rotatable bonds is 3.